The van der Waals surface area contributed by atoms with E-state index >= 15 is 0 Å². The van der Waals surface area contributed by atoms with Crippen molar-refractivity contribution in [2.45, 2.75) is 29.4 Å². The largest absolute Gasteiger partial charge is 0.468 e. The Kier molecular flexibility index (Phi) is 5.16. The molecule has 16 heavy (non-hydrogen) atoms. The summed E-state index contributed by atoms with van der Waals surface area (Å²) in [5.74, 6) is -0.425. The molecule has 1 atom stereocenters. The van der Waals surface area contributed by atoms with Crippen molar-refractivity contribution in [1.29, 1.82) is 0 Å². The van der Waals surface area contributed by atoms with E-state index in [4.69, 9.17) is 11.6 Å². The molecule has 0 N–H and O–H groups in total. The number of methoxy groups -OCH3 is 1. The molecule has 0 aliphatic carbocycles. The Labute approximate surface area is 105 Å². The van der Waals surface area contributed by atoms with Gasteiger partial charge < -0.3 is 4.74 Å². The molecule has 4 heteroatoms. The van der Waals surface area contributed by atoms with Crippen LogP contribution >= 0.6 is 23.4 Å². The minimum absolute atomic E-state index is 0.425. The lowest BCUT2D eigenvalue weighted by Gasteiger charge is -2.09. The summed E-state index contributed by atoms with van der Waals surface area (Å²) < 4.78 is 4.59. The van der Waals surface area contributed by atoms with Crippen molar-refractivity contribution in [1.82, 2.24) is 0 Å². The van der Waals surface area contributed by atoms with Crippen LogP contribution in [0.2, 0.25) is 0 Å². The van der Waals surface area contributed by atoms with Crippen molar-refractivity contribution in [2.24, 2.45) is 0 Å². The monoisotopic (exact) mass is 258 g/mol. The Balaban J connectivity index is 2.74. The number of hydrogen-bond acceptors (Lipinski definition) is 3. The molecule has 0 bridgehead atoms. The number of carbonyl (C=O) groups is 1. The quantitative estimate of drug-likeness (QED) is 0.469. The van der Waals surface area contributed by atoms with Crippen molar-refractivity contribution >= 4 is 29.3 Å². The minimum Gasteiger partial charge on any atom is -0.468 e. The molecule has 0 radical (unpaired) electrons. The minimum atomic E-state index is -0.719. The maximum Gasteiger partial charge on any atom is 0.328 e. The molecular weight excluding hydrogens is 244 g/mol. The molecule has 0 aliphatic heterocycles. The number of rotatable bonds is 4. The highest BCUT2D eigenvalue weighted by Crippen LogP contribution is 2.27. The smallest absolute Gasteiger partial charge is 0.328 e. The zero-order chi connectivity index (χ0) is 12.1. The zero-order valence-corrected chi connectivity index (χ0v) is 11.1. The van der Waals surface area contributed by atoms with Gasteiger partial charge in [0.1, 0.15) is 0 Å². The molecule has 0 saturated carbocycles. The van der Waals surface area contributed by atoms with Crippen LogP contribution in [0.1, 0.15) is 24.8 Å². The number of alkyl halides is 1. The fourth-order valence-electron chi connectivity index (χ4n) is 1.23. The molecular formula is C12H15ClO2S. The molecule has 0 amide bonds. The first kappa shape index (κ1) is 13.4. The second kappa shape index (κ2) is 6.16. The lowest BCUT2D eigenvalue weighted by molar-refractivity contribution is -0.140. The predicted octanol–water partition coefficient (Wildman–Crippen LogP) is 3.64. The van der Waals surface area contributed by atoms with Crippen LogP contribution in [0.4, 0.5) is 0 Å². The van der Waals surface area contributed by atoms with Gasteiger partial charge in [-0.15, -0.1) is 23.4 Å². The van der Waals surface area contributed by atoms with Gasteiger partial charge in [-0.3, -0.25) is 4.79 Å². The maximum atomic E-state index is 11.2. The second-order valence-corrected chi connectivity index (χ2v) is 5.71. The van der Waals surface area contributed by atoms with Crippen LogP contribution in [0.5, 0.6) is 0 Å². The Bertz CT molecular complexity index is 349. The van der Waals surface area contributed by atoms with Crippen molar-refractivity contribution in [3.8, 4) is 0 Å². The van der Waals surface area contributed by atoms with E-state index in [1.807, 2.05) is 24.3 Å². The molecule has 1 unspecified atom stereocenters. The Morgan fingerprint density at radius 2 is 1.88 bits per heavy atom. The molecule has 0 aromatic heterocycles. The summed E-state index contributed by atoms with van der Waals surface area (Å²) in [5.41, 5.74) is 0.765. The van der Waals surface area contributed by atoms with Crippen molar-refractivity contribution < 1.29 is 9.53 Å². The van der Waals surface area contributed by atoms with E-state index in [9.17, 15) is 4.79 Å². The number of ether oxygens (including phenoxy) is 1. The van der Waals surface area contributed by atoms with Crippen molar-refractivity contribution in [3.63, 3.8) is 0 Å². The van der Waals surface area contributed by atoms with Gasteiger partial charge in [-0.1, -0.05) is 26.0 Å². The van der Waals surface area contributed by atoms with Gasteiger partial charge in [0.05, 0.1) is 7.11 Å². The van der Waals surface area contributed by atoms with Crippen LogP contribution in [-0.2, 0) is 9.53 Å². The average molecular weight is 259 g/mol. The highest BCUT2D eigenvalue weighted by Gasteiger charge is 2.17. The third-order valence-electron chi connectivity index (χ3n) is 1.95. The van der Waals surface area contributed by atoms with Gasteiger partial charge in [-0.2, -0.15) is 0 Å². The lowest BCUT2D eigenvalue weighted by Crippen LogP contribution is -2.08. The number of halogens is 1. The third-order valence-corrected chi connectivity index (χ3v) is 3.40. The second-order valence-electron chi connectivity index (χ2n) is 3.62. The van der Waals surface area contributed by atoms with Gasteiger partial charge in [0.15, 0.2) is 5.38 Å². The molecule has 0 fully saturated rings. The van der Waals surface area contributed by atoms with Crippen LogP contribution in [-0.4, -0.2) is 18.3 Å². The van der Waals surface area contributed by atoms with Gasteiger partial charge in [0.2, 0.25) is 0 Å². The maximum absolute atomic E-state index is 11.2. The van der Waals surface area contributed by atoms with Crippen LogP contribution in [0.15, 0.2) is 29.2 Å². The summed E-state index contributed by atoms with van der Waals surface area (Å²) in [6.07, 6.45) is 0. The van der Waals surface area contributed by atoms with E-state index < -0.39 is 11.3 Å². The highest BCUT2D eigenvalue weighted by atomic mass is 35.5. The molecule has 1 aromatic rings. The standard InChI is InChI=1S/C12H15ClO2S/c1-8(2)16-10-6-4-9(5-7-10)11(13)12(14)15-3/h4-8,11H,1-3H3. The van der Waals surface area contributed by atoms with E-state index in [0.717, 1.165) is 5.56 Å². The molecule has 0 heterocycles. The van der Waals surface area contributed by atoms with E-state index in [1.54, 1.807) is 11.8 Å². The van der Waals surface area contributed by atoms with E-state index in [2.05, 4.69) is 18.6 Å². The Hall–Kier alpha value is -0.670. The first-order chi connectivity index (χ1) is 7.54. The first-order valence-corrected chi connectivity index (χ1v) is 6.34. The Morgan fingerprint density at radius 3 is 2.31 bits per heavy atom. The summed E-state index contributed by atoms with van der Waals surface area (Å²) in [5, 5.41) is -0.179. The fraction of sp³-hybridized carbons (Fsp3) is 0.417. The van der Waals surface area contributed by atoms with Crippen LogP contribution < -0.4 is 0 Å². The molecule has 2 nitrogen and oxygen atoms in total. The zero-order valence-electron chi connectivity index (χ0n) is 9.57. The van der Waals surface area contributed by atoms with E-state index in [-0.39, 0.29) is 0 Å². The van der Waals surface area contributed by atoms with Crippen LogP contribution in [0.3, 0.4) is 0 Å². The molecule has 0 saturated heterocycles. The molecule has 1 aromatic carbocycles. The van der Waals surface area contributed by atoms with Gasteiger partial charge in [0, 0.05) is 10.1 Å². The summed E-state index contributed by atoms with van der Waals surface area (Å²) >= 11 is 7.71. The Morgan fingerprint density at radius 1 is 1.31 bits per heavy atom. The number of benzene rings is 1. The summed E-state index contributed by atoms with van der Waals surface area (Å²) in [6, 6.07) is 7.66. The average Bonchev–Trinajstić information content (AvgIpc) is 2.27. The van der Waals surface area contributed by atoms with Gasteiger partial charge in [0.25, 0.3) is 0 Å². The molecule has 0 spiro atoms. The summed E-state index contributed by atoms with van der Waals surface area (Å²) in [7, 11) is 1.33. The third kappa shape index (κ3) is 3.72. The first-order valence-electron chi connectivity index (χ1n) is 5.03. The van der Waals surface area contributed by atoms with Gasteiger partial charge >= 0.3 is 5.97 Å². The number of carbonyl (C=O) groups excluding carboxylic acids is 1. The fourth-order valence-corrected chi connectivity index (χ4v) is 2.30. The molecule has 88 valence electrons. The van der Waals surface area contributed by atoms with E-state index in [0.29, 0.717) is 5.25 Å². The van der Waals surface area contributed by atoms with Crippen LogP contribution in [0, 0.1) is 0 Å². The SMILES string of the molecule is COC(=O)C(Cl)c1ccc(SC(C)C)cc1. The van der Waals surface area contributed by atoms with Crippen molar-refractivity contribution in [2.75, 3.05) is 7.11 Å². The predicted molar refractivity (Wildman–Crippen MR) is 68.0 cm³/mol. The van der Waals surface area contributed by atoms with Crippen LogP contribution in [0.25, 0.3) is 0 Å². The van der Waals surface area contributed by atoms with E-state index in [1.165, 1.54) is 12.0 Å². The molecule has 0 aliphatic rings. The normalized spacial score (nSPS) is 12.6. The molecule has 1 rings (SSSR count). The summed E-state index contributed by atoms with van der Waals surface area (Å²) in [6.45, 7) is 4.27. The topological polar surface area (TPSA) is 26.3 Å². The number of esters is 1. The number of thioether (sulfide) groups is 1. The van der Waals surface area contributed by atoms with Gasteiger partial charge in [-0.05, 0) is 17.7 Å². The highest BCUT2D eigenvalue weighted by molar-refractivity contribution is 7.99. The van der Waals surface area contributed by atoms with Crippen molar-refractivity contribution in [3.05, 3.63) is 29.8 Å². The lowest BCUT2D eigenvalue weighted by atomic mass is 10.1. The summed E-state index contributed by atoms with van der Waals surface area (Å²) in [4.78, 5) is 12.4. The van der Waals surface area contributed by atoms with Gasteiger partial charge in [-0.25, -0.2) is 0 Å². The number of hydrogen-bond donors (Lipinski definition) is 0.